The summed E-state index contributed by atoms with van der Waals surface area (Å²) in [7, 11) is 4.72. The molecule has 1 aliphatic heterocycles. The third kappa shape index (κ3) is 2.82. The van der Waals surface area contributed by atoms with Crippen molar-refractivity contribution < 1.29 is 23.7 Å². The van der Waals surface area contributed by atoms with Crippen LogP contribution in [0.15, 0.2) is 36.4 Å². The average molecular weight is 329 g/mol. The Hall–Kier alpha value is -2.89. The fraction of sp³-hybridized carbons (Fsp3) is 0.278. The van der Waals surface area contributed by atoms with Crippen molar-refractivity contribution in [2.24, 2.45) is 0 Å². The maximum Gasteiger partial charge on any atom is 0.260 e. The number of carbonyl (C=O) groups is 1. The number of ether oxygens (including phenoxy) is 4. The van der Waals surface area contributed by atoms with Crippen LogP contribution in [0.25, 0.3) is 0 Å². The van der Waals surface area contributed by atoms with Crippen LogP contribution in [0.3, 0.4) is 0 Å². The highest BCUT2D eigenvalue weighted by atomic mass is 16.5. The second-order valence-corrected chi connectivity index (χ2v) is 5.30. The van der Waals surface area contributed by atoms with E-state index in [2.05, 4.69) is 0 Å². The SMILES string of the molecule is COc1ccc(CN2COc3c(OC)cccc3C2=O)cc1OC. The molecule has 0 aromatic heterocycles. The van der Waals surface area contributed by atoms with Gasteiger partial charge >= 0.3 is 0 Å². The number of amides is 1. The number of carbonyl (C=O) groups excluding carboxylic acids is 1. The quantitative estimate of drug-likeness (QED) is 0.844. The normalized spacial score (nSPS) is 13.1. The van der Waals surface area contributed by atoms with Gasteiger partial charge in [-0.25, -0.2) is 0 Å². The zero-order valence-corrected chi connectivity index (χ0v) is 13.9. The molecule has 2 aromatic carbocycles. The smallest absolute Gasteiger partial charge is 0.260 e. The molecular weight excluding hydrogens is 310 g/mol. The van der Waals surface area contributed by atoms with Crippen molar-refractivity contribution in [3.05, 3.63) is 47.5 Å². The summed E-state index contributed by atoms with van der Waals surface area (Å²) in [6.07, 6.45) is 0. The number of hydrogen-bond acceptors (Lipinski definition) is 5. The minimum absolute atomic E-state index is 0.0927. The first-order valence-electron chi connectivity index (χ1n) is 7.48. The van der Waals surface area contributed by atoms with Gasteiger partial charge < -0.3 is 23.8 Å². The standard InChI is InChI=1S/C18H19NO5/c1-21-14-8-7-12(9-16(14)23-3)10-19-11-24-17-13(18(19)20)5-4-6-15(17)22-2/h4-9H,10-11H2,1-3H3. The zero-order chi connectivity index (χ0) is 17.1. The lowest BCUT2D eigenvalue weighted by Gasteiger charge is -2.29. The molecule has 0 bridgehead atoms. The van der Waals surface area contributed by atoms with Gasteiger partial charge in [-0.15, -0.1) is 0 Å². The summed E-state index contributed by atoms with van der Waals surface area (Å²) in [5, 5.41) is 0. The predicted molar refractivity (Wildman–Crippen MR) is 87.9 cm³/mol. The zero-order valence-electron chi connectivity index (χ0n) is 13.9. The maximum absolute atomic E-state index is 12.7. The summed E-state index contributed by atoms with van der Waals surface area (Å²) >= 11 is 0. The first-order valence-corrected chi connectivity index (χ1v) is 7.48. The minimum atomic E-state index is -0.0927. The monoisotopic (exact) mass is 329 g/mol. The Labute approximate surface area is 140 Å². The lowest BCUT2D eigenvalue weighted by Crippen LogP contribution is -2.38. The Kier molecular flexibility index (Phi) is 4.46. The molecule has 0 unspecified atom stereocenters. The van der Waals surface area contributed by atoms with E-state index in [0.717, 1.165) is 5.56 Å². The minimum Gasteiger partial charge on any atom is -0.493 e. The van der Waals surface area contributed by atoms with E-state index in [0.29, 0.717) is 35.1 Å². The number of para-hydroxylation sites is 1. The summed E-state index contributed by atoms with van der Waals surface area (Å²) in [5.74, 6) is 2.24. The van der Waals surface area contributed by atoms with Crippen molar-refractivity contribution in [2.75, 3.05) is 28.1 Å². The molecule has 0 spiro atoms. The van der Waals surface area contributed by atoms with Gasteiger partial charge in [0.05, 0.1) is 26.9 Å². The Morgan fingerprint density at radius 1 is 1.00 bits per heavy atom. The Bertz CT molecular complexity index is 759. The third-order valence-electron chi connectivity index (χ3n) is 3.90. The molecule has 2 aromatic rings. The predicted octanol–water partition coefficient (Wildman–Crippen LogP) is 2.70. The van der Waals surface area contributed by atoms with Crippen LogP contribution in [0.4, 0.5) is 0 Å². The molecule has 0 saturated heterocycles. The molecule has 6 nitrogen and oxygen atoms in total. The fourth-order valence-electron chi connectivity index (χ4n) is 2.68. The van der Waals surface area contributed by atoms with Gasteiger partial charge in [-0.1, -0.05) is 12.1 Å². The molecule has 3 rings (SSSR count). The first-order chi connectivity index (χ1) is 11.7. The Morgan fingerprint density at radius 2 is 1.75 bits per heavy atom. The molecule has 0 fully saturated rings. The molecule has 0 saturated carbocycles. The summed E-state index contributed by atoms with van der Waals surface area (Å²) in [5.41, 5.74) is 1.43. The van der Waals surface area contributed by atoms with Gasteiger partial charge in [-0.2, -0.15) is 0 Å². The van der Waals surface area contributed by atoms with Gasteiger partial charge in [0.2, 0.25) is 0 Å². The number of benzene rings is 2. The van der Waals surface area contributed by atoms with Gasteiger partial charge in [0.1, 0.15) is 0 Å². The Balaban J connectivity index is 1.83. The van der Waals surface area contributed by atoms with E-state index in [1.165, 1.54) is 0 Å². The van der Waals surface area contributed by atoms with E-state index in [1.807, 2.05) is 18.2 Å². The fourth-order valence-corrected chi connectivity index (χ4v) is 2.68. The van der Waals surface area contributed by atoms with Crippen LogP contribution in [-0.4, -0.2) is 38.9 Å². The number of nitrogens with zero attached hydrogens (tertiary/aromatic N) is 1. The van der Waals surface area contributed by atoms with Crippen LogP contribution < -0.4 is 18.9 Å². The van der Waals surface area contributed by atoms with Gasteiger partial charge in [-0.3, -0.25) is 4.79 Å². The first kappa shape index (κ1) is 16.0. The topological polar surface area (TPSA) is 57.2 Å². The van der Waals surface area contributed by atoms with Gasteiger partial charge in [0.15, 0.2) is 29.7 Å². The average Bonchev–Trinajstić information content (AvgIpc) is 2.63. The van der Waals surface area contributed by atoms with E-state index >= 15 is 0 Å². The van der Waals surface area contributed by atoms with Gasteiger partial charge in [-0.05, 0) is 29.8 Å². The van der Waals surface area contributed by atoms with Crippen molar-refractivity contribution in [3.63, 3.8) is 0 Å². The molecule has 24 heavy (non-hydrogen) atoms. The largest absolute Gasteiger partial charge is 0.493 e. The van der Waals surface area contributed by atoms with Crippen LogP contribution in [-0.2, 0) is 6.54 Å². The van der Waals surface area contributed by atoms with E-state index in [-0.39, 0.29) is 12.6 Å². The maximum atomic E-state index is 12.7. The highest BCUT2D eigenvalue weighted by Gasteiger charge is 2.28. The van der Waals surface area contributed by atoms with Crippen molar-refractivity contribution in [3.8, 4) is 23.0 Å². The lowest BCUT2D eigenvalue weighted by molar-refractivity contribution is 0.0490. The molecule has 0 radical (unpaired) electrons. The van der Waals surface area contributed by atoms with Crippen LogP contribution in [0.2, 0.25) is 0 Å². The molecule has 0 N–H and O–H groups in total. The molecule has 1 amide bonds. The molecular formula is C18H19NO5. The summed E-state index contributed by atoms with van der Waals surface area (Å²) in [4.78, 5) is 14.3. The molecule has 0 atom stereocenters. The number of fused-ring (bicyclic) bond motifs is 1. The van der Waals surface area contributed by atoms with E-state index < -0.39 is 0 Å². The van der Waals surface area contributed by atoms with Crippen LogP contribution in [0.5, 0.6) is 23.0 Å². The highest BCUT2D eigenvalue weighted by Crippen LogP contribution is 2.35. The second-order valence-electron chi connectivity index (χ2n) is 5.30. The van der Waals surface area contributed by atoms with Crippen LogP contribution in [0.1, 0.15) is 15.9 Å². The number of methoxy groups -OCH3 is 3. The van der Waals surface area contributed by atoms with Crippen LogP contribution >= 0.6 is 0 Å². The Morgan fingerprint density at radius 3 is 2.46 bits per heavy atom. The summed E-state index contributed by atoms with van der Waals surface area (Å²) < 4.78 is 21.5. The molecule has 126 valence electrons. The molecule has 1 heterocycles. The van der Waals surface area contributed by atoms with E-state index in [1.54, 1.807) is 44.4 Å². The highest BCUT2D eigenvalue weighted by molar-refractivity contribution is 5.98. The third-order valence-corrected chi connectivity index (χ3v) is 3.90. The molecule has 1 aliphatic rings. The summed E-state index contributed by atoms with van der Waals surface area (Å²) in [6, 6.07) is 10.9. The lowest BCUT2D eigenvalue weighted by atomic mass is 10.1. The van der Waals surface area contributed by atoms with Gasteiger partial charge in [0, 0.05) is 6.54 Å². The molecule has 0 aliphatic carbocycles. The van der Waals surface area contributed by atoms with Crippen molar-refractivity contribution >= 4 is 5.91 Å². The van der Waals surface area contributed by atoms with Gasteiger partial charge in [0.25, 0.3) is 5.91 Å². The number of hydrogen-bond donors (Lipinski definition) is 0. The van der Waals surface area contributed by atoms with Crippen molar-refractivity contribution in [1.29, 1.82) is 0 Å². The second kappa shape index (κ2) is 6.70. The molecule has 6 heteroatoms. The van der Waals surface area contributed by atoms with Crippen molar-refractivity contribution in [1.82, 2.24) is 4.90 Å². The van der Waals surface area contributed by atoms with Crippen LogP contribution in [0, 0.1) is 0 Å². The van der Waals surface area contributed by atoms with E-state index in [4.69, 9.17) is 18.9 Å². The van der Waals surface area contributed by atoms with Crippen molar-refractivity contribution in [2.45, 2.75) is 6.54 Å². The summed E-state index contributed by atoms with van der Waals surface area (Å²) in [6.45, 7) is 0.580. The van der Waals surface area contributed by atoms with E-state index in [9.17, 15) is 4.79 Å². The number of rotatable bonds is 5.